The zero-order chi connectivity index (χ0) is 36.7. The van der Waals surface area contributed by atoms with Crippen molar-refractivity contribution in [1.29, 1.82) is 0 Å². The van der Waals surface area contributed by atoms with E-state index in [2.05, 4.69) is 199 Å². The molecular formula is C52H32IN3. The summed E-state index contributed by atoms with van der Waals surface area (Å²) in [5.41, 5.74) is 12.0. The molecule has 0 amide bonds. The first-order valence-electron chi connectivity index (χ1n) is 19.0. The maximum absolute atomic E-state index is 5.60. The van der Waals surface area contributed by atoms with Gasteiger partial charge >= 0.3 is 274 Å². The van der Waals surface area contributed by atoms with Crippen LogP contribution in [0.1, 0.15) is 0 Å². The van der Waals surface area contributed by atoms with Crippen LogP contribution in [0.15, 0.2) is 194 Å². The number of hydrogen-bond donors (Lipinski definition) is 0. The van der Waals surface area contributed by atoms with Crippen LogP contribution in [0, 0.1) is 10.7 Å². The van der Waals surface area contributed by atoms with E-state index in [0.717, 1.165) is 50.0 Å². The molecule has 0 saturated carbocycles. The Morgan fingerprint density at radius 3 is 1.23 bits per heavy atom. The molecule has 0 spiro atoms. The number of halogens is 1. The van der Waals surface area contributed by atoms with Gasteiger partial charge in [0, 0.05) is 10.8 Å². The van der Waals surface area contributed by atoms with Crippen molar-refractivity contribution in [3.63, 3.8) is 0 Å². The van der Waals surface area contributed by atoms with E-state index in [0.29, 0.717) is 0 Å². The van der Waals surface area contributed by atoms with Gasteiger partial charge in [0.2, 0.25) is 0 Å². The molecule has 0 bridgehead atoms. The third-order valence-electron chi connectivity index (χ3n) is 11.3. The molecule has 0 atom stereocenters. The minimum absolute atomic E-state index is 0.884. The first kappa shape index (κ1) is 31.7. The third-order valence-corrected chi connectivity index (χ3v) is 17.5. The van der Waals surface area contributed by atoms with Crippen molar-refractivity contribution in [2.24, 2.45) is 0 Å². The molecule has 0 N–H and O–H groups in total. The van der Waals surface area contributed by atoms with Crippen LogP contribution in [0.25, 0.3) is 93.7 Å². The monoisotopic (exact) mass is 825 g/mol. The van der Waals surface area contributed by atoms with Crippen LogP contribution in [0.4, 0.5) is 0 Å². The van der Waals surface area contributed by atoms with E-state index < -0.39 is 19.8 Å². The van der Waals surface area contributed by atoms with Crippen molar-refractivity contribution >= 4 is 74.2 Å². The van der Waals surface area contributed by atoms with Gasteiger partial charge in [0.25, 0.3) is 0 Å². The number of aromatic nitrogens is 3. The molecule has 9 aromatic carbocycles. The fraction of sp³-hybridized carbons (Fsp3) is 0. The van der Waals surface area contributed by atoms with Crippen molar-refractivity contribution in [2.75, 3.05) is 0 Å². The van der Waals surface area contributed by atoms with E-state index in [-0.39, 0.29) is 0 Å². The zero-order valence-corrected chi connectivity index (χ0v) is 32.4. The number of hydrogen-bond acceptors (Lipinski definition) is 2. The molecule has 3 nitrogen and oxygen atoms in total. The van der Waals surface area contributed by atoms with E-state index in [1.54, 1.807) is 0 Å². The predicted molar refractivity (Wildman–Crippen MR) is 242 cm³/mol. The Balaban J connectivity index is 1.06. The molecule has 1 aliphatic heterocycles. The Kier molecular flexibility index (Phi) is 7.05. The number of nitrogens with zero attached hydrogens (tertiary/aromatic N) is 3. The van der Waals surface area contributed by atoms with Crippen LogP contribution in [0.5, 0.6) is 0 Å². The van der Waals surface area contributed by atoms with Crippen molar-refractivity contribution in [3.05, 3.63) is 205 Å². The first-order valence-corrected chi connectivity index (χ1v) is 22.2. The standard InChI is InChI=1S/C52H32IN3/c1-3-19-43-37(13-1)38-14-2-4-20-44(38)52-51(43)54-49(33-25-29-35(30-26-33)53-45-21-9-5-15-39(45)40-16-6-10-22-46(40)53)50(55-52)34-27-31-36(32-28-34)56-47-23-11-7-17-41(47)42-18-8-12-24-48(42)56/h1-32H. The summed E-state index contributed by atoms with van der Waals surface area (Å²) in [4.78, 5) is 11.2. The van der Waals surface area contributed by atoms with Gasteiger partial charge in [-0.2, -0.15) is 0 Å². The second-order valence-corrected chi connectivity index (χ2v) is 19.6. The van der Waals surface area contributed by atoms with Gasteiger partial charge in [-0.25, -0.2) is 0 Å². The van der Waals surface area contributed by atoms with Crippen LogP contribution in [-0.4, -0.2) is 14.5 Å². The Morgan fingerprint density at radius 2 is 0.732 bits per heavy atom. The SMILES string of the molecule is c1ccc2c(c1)-c1ccccc1I2c1ccc(-c2nc3c4ccccc4c4ccccc4c3nc2-c2ccc(-n3c4ccccc4c4ccccc43)cc2)cc1. The minimum atomic E-state index is -1.86. The summed E-state index contributed by atoms with van der Waals surface area (Å²) in [5, 5.41) is 7.13. The van der Waals surface area contributed by atoms with Crippen LogP contribution < -0.4 is 0 Å². The van der Waals surface area contributed by atoms with E-state index in [9.17, 15) is 0 Å². The van der Waals surface area contributed by atoms with E-state index in [1.165, 1.54) is 54.4 Å². The summed E-state index contributed by atoms with van der Waals surface area (Å²) in [6.45, 7) is 0. The van der Waals surface area contributed by atoms with Crippen molar-refractivity contribution in [1.82, 2.24) is 14.5 Å². The Hall–Kier alpha value is -6.63. The summed E-state index contributed by atoms with van der Waals surface area (Å²) in [5.74, 6) is 0. The van der Waals surface area contributed by atoms with Gasteiger partial charge in [-0.3, -0.25) is 0 Å². The molecule has 0 saturated heterocycles. The molecule has 0 radical (unpaired) electrons. The van der Waals surface area contributed by atoms with Crippen LogP contribution in [0.2, 0.25) is 0 Å². The molecule has 0 fully saturated rings. The molecule has 12 rings (SSSR count). The summed E-state index contributed by atoms with van der Waals surface area (Å²) >= 11 is -1.86. The van der Waals surface area contributed by atoms with E-state index in [1.807, 2.05) is 0 Å². The topological polar surface area (TPSA) is 30.7 Å². The molecule has 3 heterocycles. The molecular weight excluding hydrogens is 793 g/mol. The number of benzene rings is 9. The van der Waals surface area contributed by atoms with E-state index >= 15 is 0 Å². The van der Waals surface area contributed by atoms with Crippen molar-refractivity contribution in [3.8, 4) is 39.3 Å². The molecule has 2 aromatic heterocycles. The molecule has 56 heavy (non-hydrogen) atoms. The summed E-state index contributed by atoms with van der Waals surface area (Å²) in [7, 11) is 0. The van der Waals surface area contributed by atoms with Crippen molar-refractivity contribution in [2.45, 2.75) is 0 Å². The molecule has 0 aliphatic carbocycles. The van der Waals surface area contributed by atoms with Crippen molar-refractivity contribution < 1.29 is 0 Å². The van der Waals surface area contributed by atoms with Gasteiger partial charge in [-0.1, -0.05) is 36.4 Å². The molecule has 11 aromatic rings. The Morgan fingerprint density at radius 1 is 0.339 bits per heavy atom. The molecule has 0 unspecified atom stereocenters. The Bertz CT molecular complexity index is 3260. The molecule has 4 heteroatoms. The molecule has 262 valence electrons. The van der Waals surface area contributed by atoms with Gasteiger partial charge in [0.05, 0.1) is 0 Å². The first-order chi connectivity index (χ1) is 27.8. The zero-order valence-electron chi connectivity index (χ0n) is 30.2. The fourth-order valence-electron chi connectivity index (χ4n) is 8.80. The summed E-state index contributed by atoms with van der Waals surface area (Å²) in [6, 6.07) is 70.7. The van der Waals surface area contributed by atoms with Gasteiger partial charge < -0.3 is 0 Å². The van der Waals surface area contributed by atoms with Crippen LogP contribution in [0.3, 0.4) is 0 Å². The average molecular weight is 826 g/mol. The van der Waals surface area contributed by atoms with Gasteiger partial charge in [0.15, 0.2) is 0 Å². The summed E-state index contributed by atoms with van der Waals surface area (Å²) in [6.07, 6.45) is 0. The average Bonchev–Trinajstić information content (AvgIpc) is 3.79. The third kappa shape index (κ3) is 4.69. The maximum atomic E-state index is 5.60. The predicted octanol–water partition coefficient (Wildman–Crippen LogP) is 13.8. The van der Waals surface area contributed by atoms with Gasteiger partial charge in [-0.05, 0) is 12.1 Å². The number of fused-ring (bicyclic) bond motifs is 12. The molecule has 1 aliphatic rings. The number of para-hydroxylation sites is 2. The van der Waals surface area contributed by atoms with Gasteiger partial charge in [-0.15, -0.1) is 0 Å². The van der Waals surface area contributed by atoms with Crippen LogP contribution >= 0.6 is 19.8 Å². The second-order valence-electron chi connectivity index (χ2n) is 14.4. The van der Waals surface area contributed by atoms with Crippen LogP contribution in [-0.2, 0) is 0 Å². The second kappa shape index (κ2) is 12.4. The fourth-order valence-corrected chi connectivity index (χ4v) is 15.1. The normalized spacial score (nSPS) is 12.9. The summed E-state index contributed by atoms with van der Waals surface area (Å²) < 4.78 is 6.82. The number of rotatable bonds is 4. The Labute approximate surface area is 330 Å². The van der Waals surface area contributed by atoms with E-state index in [4.69, 9.17) is 9.97 Å². The quantitative estimate of drug-likeness (QED) is 0.131. The van der Waals surface area contributed by atoms with Gasteiger partial charge in [0.1, 0.15) is 0 Å².